The standard InChI is InChI=1S/C14H13FO4S2/c1-3-18-12(16)11(13(17)19-4-2)14-20-9-6-5-8(15)7-10(9)21-14/h5-7H,3-4H2,1-2H3. The van der Waals surface area contributed by atoms with Gasteiger partial charge in [-0.25, -0.2) is 14.0 Å². The fourth-order valence-corrected chi connectivity index (χ4v) is 4.15. The number of hydrogen-bond donors (Lipinski definition) is 0. The van der Waals surface area contributed by atoms with Crippen LogP contribution in [0.3, 0.4) is 0 Å². The maximum atomic E-state index is 13.2. The highest BCUT2D eigenvalue weighted by Crippen LogP contribution is 2.52. The van der Waals surface area contributed by atoms with Gasteiger partial charge in [-0.3, -0.25) is 0 Å². The second-order valence-electron chi connectivity index (χ2n) is 3.90. The first-order chi connectivity index (χ1) is 10.1. The molecule has 4 nitrogen and oxygen atoms in total. The Morgan fingerprint density at radius 2 is 1.62 bits per heavy atom. The molecule has 1 aliphatic heterocycles. The van der Waals surface area contributed by atoms with Crippen molar-refractivity contribution in [3.05, 3.63) is 33.8 Å². The Bertz CT molecular complexity index is 593. The van der Waals surface area contributed by atoms with Crippen molar-refractivity contribution < 1.29 is 23.5 Å². The predicted molar refractivity (Wildman–Crippen MR) is 78.4 cm³/mol. The summed E-state index contributed by atoms with van der Waals surface area (Å²) in [5.74, 6) is -1.81. The van der Waals surface area contributed by atoms with Gasteiger partial charge in [0.2, 0.25) is 0 Å². The number of benzene rings is 1. The molecule has 2 rings (SSSR count). The Morgan fingerprint density at radius 1 is 1.05 bits per heavy atom. The first-order valence-electron chi connectivity index (χ1n) is 6.30. The summed E-state index contributed by atoms with van der Waals surface area (Å²) in [5.41, 5.74) is -0.134. The average Bonchev–Trinajstić information content (AvgIpc) is 2.81. The Labute approximate surface area is 130 Å². The van der Waals surface area contributed by atoms with Gasteiger partial charge in [-0.05, 0) is 32.0 Å². The van der Waals surface area contributed by atoms with E-state index >= 15 is 0 Å². The van der Waals surface area contributed by atoms with Gasteiger partial charge in [-0.15, -0.1) is 0 Å². The van der Waals surface area contributed by atoms with E-state index < -0.39 is 11.9 Å². The molecule has 0 saturated carbocycles. The van der Waals surface area contributed by atoms with E-state index in [-0.39, 0.29) is 24.6 Å². The second-order valence-corrected chi connectivity index (χ2v) is 6.26. The Kier molecular flexibility index (Phi) is 5.30. The molecule has 21 heavy (non-hydrogen) atoms. The van der Waals surface area contributed by atoms with Crippen LogP contribution in [0.1, 0.15) is 13.8 Å². The number of esters is 2. The molecule has 1 aliphatic rings. The molecule has 0 bridgehead atoms. The molecular weight excluding hydrogens is 315 g/mol. The molecule has 0 radical (unpaired) electrons. The SMILES string of the molecule is CCOC(=O)C(C(=O)OCC)=C1Sc2ccc(F)cc2S1. The third-order valence-electron chi connectivity index (χ3n) is 2.47. The van der Waals surface area contributed by atoms with Gasteiger partial charge in [-0.1, -0.05) is 23.5 Å². The maximum absolute atomic E-state index is 13.2. The summed E-state index contributed by atoms with van der Waals surface area (Å²) in [4.78, 5) is 25.4. The van der Waals surface area contributed by atoms with Crippen molar-refractivity contribution >= 4 is 35.5 Å². The summed E-state index contributed by atoms with van der Waals surface area (Å²) >= 11 is 2.40. The van der Waals surface area contributed by atoms with Crippen molar-refractivity contribution in [2.24, 2.45) is 0 Å². The predicted octanol–water partition coefficient (Wildman–Crippen LogP) is 3.36. The third kappa shape index (κ3) is 3.59. The lowest BCUT2D eigenvalue weighted by atomic mass is 10.3. The third-order valence-corrected chi connectivity index (χ3v) is 5.02. The minimum absolute atomic E-state index is 0.134. The van der Waals surface area contributed by atoms with Gasteiger partial charge < -0.3 is 9.47 Å². The summed E-state index contributed by atoms with van der Waals surface area (Å²) in [6.45, 7) is 3.63. The zero-order valence-corrected chi connectivity index (χ0v) is 13.1. The quantitative estimate of drug-likeness (QED) is 0.366. The number of ether oxygens (including phenoxy) is 2. The molecule has 0 fully saturated rings. The summed E-state index contributed by atoms with van der Waals surface area (Å²) in [6, 6.07) is 4.32. The van der Waals surface area contributed by atoms with Crippen LogP contribution in [0, 0.1) is 5.82 Å². The first-order valence-corrected chi connectivity index (χ1v) is 7.93. The van der Waals surface area contributed by atoms with Gasteiger partial charge in [0.1, 0.15) is 5.82 Å². The van der Waals surface area contributed by atoms with Crippen LogP contribution in [0.15, 0.2) is 37.8 Å². The summed E-state index contributed by atoms with van der Waals surface area (Å²) in [5, 5.41) is 0. The van der Waals surface area contributed by atoms with E-state index in [2.05, 4.69) is 0 Å². The van der Waals surface area contributed by atoms with E-state index in [1.165, 1.54) is 35.7 Å². The van der Waals surface area contributed by atoms with E-state index in [9.17, 15) is 14.0 Å². The van der Waals surface area contributed by atoms with E-state index in [4.69, 9.17) is 9.47 Å². The number of thioether (sulfide) groups is 2. The van der Waals surface area contributed by atoms with Crippen LogP contribution < -0.4 is 0 Å². The number of rotatable bonds is 4. The lowest BCUT2D eigenvalue weighted by Gasteiger charge is -2.08. The van der Waals surface area contributed by atoms with Crippen LogP contribution in [-0.2, 0) is 19.1 Å². The number of fused-ring (bicyclic) bond motifs is 1. The van der Waals surface area contributed by atoms with Crippen molar-refractivity contribution in [1.29, 1.82) is 0 Å². The van der Waals surface area contributed by atoms with Crippen LogP contribution >= 0.6 is 23.5 Å². The molecular formula is C14H13FO4S2. The van der Waals surface area contributed by atoms with Crippen LogP contribution in [0.5, 0.6) is 0 Å². The van der Waals surface area contributed by atoms with Crippen LogP contribution in [0.2, 0.25) is 0 Å². The smallest absolute Gasteiger partial charge is 0.347 e. The highest BCUT2D eigenvalue weighted by atomic mass is 32.2. The fraction of sp³-hybridized carbons (Fsp3) is 0.286. The lowest BCUT2D eigenvalue weighted by molar-refractivity contribution is -0.146. The van der Waals surface area contributed by atoms with Crippen molar-refractivity contribution in [3.8, 4) is 0 Å². The van der Waals surface area contributed by atoms with Crippen molar-refractivity contribution in [3.63, 3.8) is 0 Å². The van der Waals surface area contributed by atoms with Crippen LogP contribution in [0.25, 0.3) is 0 Å². The van der Waals surface area contributed by atoms with Crippen molar-refractivity contribution in [2.45, 2.75) is 23.6 Å². The van der Waals surface area contributed by atoms with Gasteiger partial charge >= 0.3 is 11.9 Å². The summed E-state index contributed by atoms with van der Waals surface area (Å²) in [7, 11) is 0. The van der Waals surface area contributed by atoms with Crippen LogP contribution in [-0.4, -0.2) is 25.2 Å². The van der Waals surface area contributed by atoms with Gasteiger partial charge in [0.15, 0.2) is 5.57 Å². The zero-order valence-electron chi connectivity index (χ0n) is 11.5. The molecule has 0 saturated heterocycles. The normalized spacial score (nSPS) is 12.8. The number of carbonyl (C=O) groups is 2. The van der Waals surface area contributed by atoms with Crippen molar-refractivity contribution in [1.82, 2.24) is 0 Å². The summed E-state index contributed by atoms with van der Waals surface area (Å²) in [6.07, 6.45) is 0. The van der Waals surface area contributed by atoms with Gasteiger partial charge in [0.05, 0.1) is 17.5 Å². The van der Waals surface area contributed by atoms with E-state index in [0.29, 0.717) is 9.13 Å². The Morgan fingerprint density at radius 3 is 2.19 bits per heavy atom. The minimum Gasteiger partial charge on any atom is -0.462 e. The molecule has 0 N–H and O–H groups in total. The molecule has 0 atom stereocenters. The van der Waals surface area contributed by atoms with E-state index in [0.717, 1.165) is 4.90 Å². The Hall–Kier alpha value is -1.47. The monoisotopic (exact) mass is 328 g/mol. The van der Waals surface area contributed by atoms with Gasteiger partial charge in [-0.2, -0.15) is 0 Å². The number of hydrogen-bond acceptors (Lipinski definition) is 6. The zero-order chi connectivity index (χ0) is 15.4. The molecule has 1 aromatic carbocycles. The maximum Gasteiger partial charge on any atom is 0.347 e. The molecule has 112 valence electrons. The summed E-state index contributed by atoms with van der Waals surface area (Å²) < 4.78 is 23.5. The number of carbonyl (C=O) groups excluding carboxylic acids is 2. The number of halogens is 1. The fourth-order valence-electron chi connectivity index (χ4n) is 1.63. The van der Waals surface area contributed by atoms with Crippen molar-refractivity contribution in [2.75, 3.05) is 13.2 Å². The molecule has 7 heteroatoms. The van der Waals surface area contributed by atoms with E-state index in [1.807, 2.05) is 0 Å². The average molecular weight is 328 g/mol. The molecule has 0 aromatic heterocycles. The second kappa shape index (κ2) is 7.00. The first kappa shape index (κ1) is 15.9. The van der Waals surface area contributed by atoms with E-state index in [1.54, 1.807) is 19.9 Å². The van der Waals surface area contributed by atoms with Gasteiger partial charge in [0.25, 0.3) is 0 Å². The highest BCUT2D eigenvalue weighted by Gasteiger charge is 2.31. The minimum atomic E-state index is -0.723. The molecule has 1 aromatic rings. The molecule has 0 amide bonds. The molecule has 1 heterocycles. The molecule has 0 aliphatic carbocycles. The topological polar surface area (TPSA) is 52.6 Å². The van der Waals surface area contributed by atoms with Gasteiger partial charge in [0, 0.05) is 9.79 Å². The van der Waals surface area contributed by atoms with Crippen LogP contribution in [0.4, 0.5) is 4.39 Å². The Balaban J connectivity index is 2.37. The lowest BCUT2D eigenvalue weighted by Crippen LogP contribution is -2.19. The molecule has 0 spiro atoms. The molecule has 0 unspecified atom stereocenters. The highest BCUT2D eigenvalue weighted by molar-refractivity contribution is 8.24. The largest absolute Gasteiger partial charge is 0.462 e.